The molecule has 0 bridgehead atoms. The van der Waals surface area contributed by atoms with Gasteiger partial charge in [0.1, 0.15) is 11.5 Å². The fourth-order valence-corrected chi connectivity index (χ4v) is 15.5. The topological polar surface area (TPSA) is 17.4 Å². The predicted octanol–water partition coefficient (Wildman–Crippen LogP) is 19.2. The second-order valence-electron chi connectivity index (χ2n) is 21.0. The van der Waals surface area contributed by atoms with Crippen LogP contribution in [0.2, 0.25) is 0 Å². The summed E-state index contributed by atoms with van der Waals surface area (Å²) < 4.78 is 9.23. The van der Waals surface area contributed by atoms with Crippen molar-refractivity contribution >= 4 is 50.6 Å². The van der Waals surface area contributed by atoms with Crippen LogP contribution in [0.4, 0.5) is 17.1 Å². The Balaban J connectivity index is 0.945. The number of aromatic nitrogens is 1. The molecule has 4 heteroatoms. The fourth-order valence-electron chi connectivity index (χ4n) is 14.3. The van der Waals surface area contributed by atoms with Gasteiger partial charge in [-0.05, 0) is 140 Å². The third kappa shape index (κ3) is 5.79. The zero-order valence-electron chi connectivity index (χ0n) is 42.3. The standard InChI is InChI=1S/C74H46N2OS/c1-2-21-49(22-3-1)76-65-34-13-6-25-54(65)55-42-40-48(45-67(55)76)47-20-18-23-50(44-47)75(51-41-43-53-52-24-4-7-27-57(52)73(64(53)46-51)59-29-9-14-36-68(59)77-69-37-15-10-30-60(69)73)66-35-19-33-63-72(66)56-26-5-8-28-58(56)74(63)61-31-11-16-38-70(61)78-71-39-17-12-32-62(71)74/h1-46H. The molecule has 364 valence electrons. The summed E-state index contributed by atoms with van der Waals surface area (Å²) in [4.78, 5) is 5.14. The van der Waals surface area contributed by atoms with E-state index in [0.29, 0.717) is 0 Å². The van der Waals surface area contributed by atoms with E-state index in [9.17, 15) is 0 Å². The van der Waals surface area contributed by atoms with Gasteiger partial charge >= 0.3 is 0 Å². The zero-order chi connectivity index (χ0) is 51.1. The third-order valence-electron chi connectivity index (χ3n) is 17.3. The van der Waals surface area contributed by atoms with Crippen LogP contribution in [0.25, 0.3) is 60.9 Å². The van der Waals surface area contributed by atoms with Crippen LogP contribution >= 0.6 is 11.8 Å². The number of rotatable bonds is 5. The summed E-state index contributed by atoms with van der Waals surface area (Å²) in [6, 6.07) is 104. The maximum atomic E-state index is 6.82. The average molecular weight is 1010 g/mol. The van der Waals surface area contributed by atoms with Gasteiger partial charge in [-0.2, -0.15) is 0 Å². The molecular formula is C74H46N2OS. The molecule has 2 aliphatic carbocycles. The molecule has 4 aliphatic rings. The van der Waals surface area contributed by atoms with Crippen molar-refractivity contribution in [1.82, 2.24) is 4.57 Å². The van der Waals surface area contributed by atoms with Gasteiger partial charge in [0.15, 0.2) is 0 Å². The van der Waals surface area contributed by atoms with Crippen molar-refractivity contribution in [3.63, 3.8) is 0 Å². The number of hydrogen-bond acceptors (Lipinski definition) is 3. The molecule has 0 fully saturated rings. The van der Waals surface area contributed by atoms with Gasteiger partial charge in [0.05, 0.1) is 27.6 Å². The Morgan fingerprint density at radius 2 is 0.872 bits per heavy atom. The number of benzene rings is 12. The number of anilines is 3. The van der Waals surface area contributed by atoms with Crippen molar-refractivity contribution in [3.05, 3.63) is 324 Å². The molecule has 1 aromatic heterocycles. The first-order valence-electron chi connectivity index (χ1n) is 26.9. The smallest absolute Gasteiger partial charge is 0.132 e. The first kappa shape index (κ1) is 43.6. The van der Waals surface area contributed by atoms with E-state index in [1.807, 2.05) is 11.8 Å². The van der Waals surface area contributed by atoms with Crippen LogP contribution < -0.4 is 9.64 Å². The zero-order valence-corrected chi connectivity index (χ0v) is 43.1. The van der Waals surface area contributed by atoms with Crippen molar-refractivity contribution in [3.8, 4) is 50.6 Å². The molecule has 0 saturated heterocycles. The van der Waals surface area contributed by atoms with Crippen LogP contribution in [0.15, 0.2) is 289 Å². The summed E-state index contributed by atoms with van der Waals surface area (Å²) in [6.45, 7) is 0. The van der Waals surface area contributed by atoms with Crippen molar-refractivity contribution in [2.45, 2.75) is 20.6 Å². The van der Waals surface area contributed by atoms with Gasteiger partial charge in [0, 0.05) is 54.3 Å². The third-order valence-corrected chi connectivity index (χ3v) is 18.5. The molecule has 17 rings (SSSR count). The molecule has 0 saturated carbocycles. The van der Waals surface area contributed by atoms with E-state index in [4.69, 9.17) is 4.74 Å². The molecule has 0 radical (unpaired) electrons. The lowest BCUT2D eigenvalue weighted by Gasteiger charge is -2.40. The van der Waals surface area contributed by atoms with Gasteiger partial charge in [-0.1, -0.05) is 212 Å². The highest BCUT2D eigenvalue weighted by atomic mass is 32.2. The maximum absolute atomic E-state index is 6.82. The lowest BCUT2D eigenvalue weighted by Crippen LogP contribution is -2.32. The molecule has 3 heterocycles. The van der Waals surface area contributed by atoms with E-state index in [2.05, 4.69) is 289 Å². The number of para-hydroxylation sites is 4. The summed E-state index contributed by atoms with van der Waals surface area (Å²) >= 11 is 1.88. The van der Waals surface area contributed by atoms with Crippen LogP contribution in [0, 0.1) is 0 Å². The second kappa shape index (κ2) is 16.4. The minimum atomic E-state index is -0.643. The van der Waals surface area contributed by atoms with Crippen molar-refractivity contribution in [2.75, 3.05) is 4.90 Å². The Kier molecular flexibility index (Phi) is 9.20. The Hall–Kier alpha value is -9.61. The molecular weight excluding hydrogens is 965 g/mol. The Bertz CT molecular complexity index is 4570. The highest BCUT2D eigenvalue weighted by Crippen LogP contribution is 2.66. The van der Waals surface area contributed by atoms with Crippen LogP contribution in [0.1, 0.15) is 44.5 Å². The van der Waals surface area contributed by atoms with E-state index in [1.54, 1.807) is 0 Å². The summed E-state index contributed by atoms with van der Waals surface area (Å²) in [5.74, 6) is 1.76. The minimum Gasteiger partial charge on any atom is -0.457 e. The van der Waals surface area contributed by atoms with Crippen molar-refractivity contribution in [1.29, 1.82) is 0 Å². The maximum Gasteiger partial charge on any atom is 0.132 e. The van der Waals surface area contributed by atoms with E-state index >= 15 is 0 Å². The van der Waals surface area contributed by atoms with Crippen LogP contribution in [-0.2, 0) is 10.8 Å². The molecule has 13 aromatic rings. The number of fused-ring (bicyclic) bond motifs is 21. The molecule has 3 nitrogen and oxygen atoms in total. The van der Waals surface area contributed by atoms with Crippen LogP contribution in [-0.4, -0.2) is 4.57 Å². The first-order valence-corrected chi connectivity index (χ1v) is 27.7. The summed E-state index contributed by atoms with van der Waals surface area (Å²) in [7, 11) is 0. The molecule has 2 aliphatic heterocycles. The minimum absolute atomic E-state index is 0.542. The fraction of sp³-hybridized carbons (Fsp3) is 0.0270. The van der Waals surface area contributed by atoms with Gasteiger partial charge in [0.2, 0.25) is 0 Å². The molecule has 12 aromatic carbocycles. The number of hydrogen-bond donors (Lipinski definition) is 0. The number of nitrogens with zero attached hydrogens (tertiary/aromatic N) is 2. The highest BCUT2D eigenvalue weighted by molar-refractivity contribution is 7.99. The largest absolute Gasteiger partial charge is 0.457 e. The van der Waals surface area contributed by atoms with Gasteiger partial charge in [-0.3, -0.25) is 0 Å². The molecule has 0 N–H and O–H groups in total. The van der Waals surface area contributed by atoms with Gasteiger partial charge < -0.3 is 14.2 Å². The number of ether oxygens (including phenoxy) is 1. The average Bonchev–Trinajstić information content (AvgIpc) is 4.31. The van der Waals surface area contributed by atoms with E-state index in [1.165, 1.54) is 87.2 Å². The lowest BCUT2D eigenvalue weighted by molar-refractivity contribution is 0.436. The quantitative estimate of drug-likeness (QED) is 0.171. The van der Waals surface area contributed by atoms with Gasteiger partial charge in [-0.25, -0.2) is 0 Å². The molecule has 0 amide bonds. The Morgan fingerprint density at radius 3 is 1.63 bits per heavy atom. The SMILES string of the molecule is c1ccc(-n2c3ccccc3c3ccc(-c4cccc(N(c5ccc6c(c5)C5(c7ccccc7Oc7ccccc75)c5ccccc5-6)c5cccc6c5-c5ccccc5C65c6ccccc6Sc6ccccc65)c4)cc32)cc1. The first-order chi connectivity index (χ1) is 38.7. The molecule has 0 atom stereocenters. The van der Waals surface area contributed by atoms with E-state index in [0.717, 1.165) is 56.5 Å². The van der Waals surface area contributed by atoms with Crippen molar-refractivity contribution < 1.29 is 4.74 Å². The summed E-state index contributed by atoms with van der Waals surface area (Å²) in [5, 5.41) is 2.48. The normalized spacial score (nSPS) is 14.2. The highest BCUT2D eigenvalue weighted by Gasteiger charge is 2.53. The van der Waals surface area contributed by atoms with Gasteiger partial charge in [-0.15, -0.1) is 0 Å². The Morgan fingerprint density at radius 1 is 0.333 bits per heavy atom. The van der Waals surface area contributed by atoms with E-state index in [-0.39, 0.29) is 0 Å². The predicted molar refractivity (Wildman–Crippen MR) is 320 cm³/mol. The summed E-state index contributed by atoms with van der Waals surface area (Å²) in [5.41, 5.74) is 22.9. The molecule has 78 heavy (non-hydrogen) atoms. The second-order valence-corrected chi connectivity index (χ2v) is 22.1. The van der Waals surface area contributed by atoms with Crippen molar-refractivity contribution in [2.24, 2.45) is 0 Å². The van der Waals surface area contributed by atoms with E-state index < -0.39 is 10.8 Å². The molecule has 2 spiro atoms. The van der Waals surface area contributed by atoms with Gasteiger partial charge in [0.25, 0.3) is 0 Å². The van der Waals surface area contributed by atoms with Crippen LogP contribution in [0.3, 0.4) is 0 Å². The Labute approximate surface area is 456 Å². The summed E-state index contributed by atoms with van der Waals surface area (Å²) in [6.07, 6.45) is 0. The lowest BCUT2D eigenvalue weighted by atomic mass is 9.66. The molecule has 0 unspecified atom stereocenters. The monoisotopic (exact) mass is 1010 g/mol. The van der Waals surface area contributed by atoms with Crippen LogP contribution in [0.5, 0.6) is 11.5 Å².